The lowest BCUT2D eigenvalue weighted by molar-refractivity contribution is 0.489. The minimum absolute atomic E-state index is 0.162. The number of nitrogens with zero attached hydrogens (tertiary/aromatic N) is 2. The number of rotatable bonds is 5. The second-order valence-electron chi connectivity index (χ2n) is 3.79. The lowest BCUT2D eigenvalue weighted by Gasteiger charge is -2.07. The van der Waals surface area contributed by atoms with Crippen LogP contribution in [0.1, 0.15) is 18.4 Å². The predicted molar refractivity (Wildman–Crippen MR) is 66.9 cm³/mol. The molecule has 0 aromatic carbocycles. The molecule has 0 spiro atoms. The topological polar surface area (TPSA) is 63.0 Å². The van der Waals surface area contributed by atoms with Crippen LogP contribution >= 0.6 is 0 Å². The van der Waals surface area contributed by atoms with Crippen molar-refractivity contribution in [2.45, 2.75) is 20.4 Å². The number of hydrogen-bond donors (Lipinski definition) is 2. The van der Waals surface area contributed by atoms with E-state index in [-0.39, 0.29) is 5.82 Å². The van der Waals surface area contributed by atoms with E-state index in [4.69, 9.17) is 4.42 Å². The largest absolute Gasteiger partial charge is 0.465 e. The monoisotopic (exact) mass is 250 g/mol. The zero-order valence-corrected chi connectivity index (χ0v) is 10.3. The van der Waals surface area contributed by atoms with Gasteiger partial charge in [-0.3, -0.25) is 0 Å². The van der Waals surface area contributed by atoms with Crippen LogP contribution < -0.4 is 10.6 Å². The summed E-state index contributed by atoms with van der Waals surface area (Å²) in [5.74, 6) is 1.63. The van der Waals surface area contributed by atoms with Gasteiger partial charge in [0, 0.05) is 6.54 Å². The van der Waals surface area contributed by atoms with Crippen LogP contribution in [-0.2, 0) is 6.54 Å². The first-order valence-corrected chi connectivity index (χ1v) is 5.74. The summed E-state index contributed by atoms with van der Waals surface area (Å²) in [6, 6.07) is 3.70. The predicted octanol–water partition coefficient (Wildman–Crippen LogP) is 2.56. The van der Waals surface area contributed by atoms with Gasteiger partial charge in [0.2, 0.25) is 5.95 Å². The van der Waals surface area contributed by atoms with E-state index in [1.165, 1.54) is 0 Å². The molecule has 0 atom stereocenters. The molecule has 2 aromatic rings. The van der Waals surface area contributed by atoms with Crippen molar-refractivity contribution in [1.82, 2.24) is 9.97 Å². The molecular weight excluding hydrogens is 235 g/mol. The third-order valence-corrected chi connectivity index (χ3v) is 2.31. The van der Waals surface area contributed by atoms with E-state index < -0.39 is 5.82 Å². The van der Waals surface area contributed by atoms with Gasteiger partial charge in [0.05, 0.1) is 12.7 Å². The summed E-state index contributed by atoms with van der Waals surface area (Å²) in [5, 5.41) is 5.81. The Balaban J connectivity index is 2.05. The van der Waals surface area contributed by atoms with Gasteiger partial charge >= 0.3 is 0 Å². The lowest BCUT2D eigenvalue weighted by Crippen LogP contribution is -2.08. The molecule has 0 saturated heterocycles. The Morgan fingerprint density at radius 2 is 2.17 bits per heavy atom. The van der Waals surface area contributed by atoms with Gasteiger partial charge in [0.1, 0.15) is 11.5 Å². The summed E-state index contributed by atoms with van der Waals surface area (Å²) in [6.07, 6.45) is 1.14. The first kappa shape index (κ1) is 12.3. The fourth-order valence-electron chi connectivity index (χ4n) is 1.49. The van der Waals surface area contributed by atoms with Crippen LogP contribution in [-0.4, -0.2) is 16.5 Å². The number of anilines is 2. The molecule has 18 heavy (non-hydrogen) atoms. The van der Waals surface area contributed by atoms with Crippen molar-refractivity contribution >= 4 is 11.8 Å². The summed E-state index contributed by atoms with van der Waals surface area (Å²) in [5.41, 5.74) is 0. The van der Waals surface area contributed by atoms with Gasteiger partial charge in [0.15, 0.2) is 11.6 Å². The van der Waals surface area contributed by atoms with Gasteiger partial charge in [-0.2, -0.15) is 4.98 Å². The average molecular weight is 250 g/mol. The highest BCUT2D eigenvalue weighted by Crippen LogP contribution is 2.14. The number of hydrogen-bond acceptors (Lipinski definition) is 5. The lowest BCUT2D eigenvalue weighted by atomic mass is 10.4. The molecule has 2 aromatic heterocycles. The second kappa shape index (κ2) is 5.48. The first-order chi connectivity index (χ1) is 8.69. The van der Waals surface area contributed by atoms with E-state index in [0.717, 1.165) is 17.7 Å². The molecule has 0 aliphatic rings. The van der Waals surface area contributed by atoms with Crippen LogP contribution in [0.3, 0.4) is 0 Å². The molecule has 0 unspecified atom stereocenters. The number of nitrogens with one attached hydrogen (secondary N) is 2. The highest BCUT2D eigenvalue weighted by atomic mass is 19.1. The minimum atomic E-state index is -0.486. The zero-order valence-electron chi connectivity index (χ0n) is 10.3. The standard InChI is InChI=1S/C12H15FN4O/c1-3-14-12-16-7-10(13)11(17-12)15-6-9-5-4-8(2)18-9/h4-5,7H,3,6H2,1-2H3,(H2,14,15,16,17). The molecule has 0 aliphatic heterocycles. The maximum absolute atomic E-state index is 13.5. The van der Waals surface area contributed by atoms with Crippen molar-refractivity contribution in [3.8, 4) is 0 Å². The number of aromatic nitrogens is 2. The normalized spacial score (nSPS) is 10.4. The SMILES string of the molecule is CCNc1ncc(F)c(NCc2ccc(C)o2)n1. The third-order valence-electron chi connectivity index (χ3n) is 2.31. The van der Waals surface area contributed by atoms with Crippen molar-refractivity contribution in [2.75, 3.05) is 17.2 Å². The molecule has 2 N–H and O–H groups in total. The number of halogens is 1. The fourth-order valence-corrected chi connectivity index (χ4v) is 1.49. The van der Waals surface area contributed by atoms with Crippen LogP contribution in [0.2, 0.25) is 0 Å². The van der Waals surface area contributed by atoms with E-state index in [2.05, 4.69) is 20.6 Å². The maximum Gasteiger partial charge on any atom is 0.224 e. The van der Waals surface area contributed by atoms with Crippen molar-refractivity contribution in [3.05, 3.63) is 35.7 Å². The quantitative estimate of drug-likeness (QED) is 0.853. The third kappa shape index (κ3) is 2.97. The van der Waals surface area contributed by atoms with E-state index in [1.54, 1.807) is 0 Å². The van der Waals surface area contributed by atoms with Gasteiger partial charge in [-0.15, -0.1) is 0 Å². The Morgan fingerprint density at radius 3 is 2.83 bits per heavy atom. The molecule has 0 saturated carbocycles. The Hall–Kier alpha value is -2.11. The van der Waals surface area contributed by atoms with Crippen LogP contribution in [0.5, 0.6) is 0 Å². The minimum Gasteiger partial charge on any atom is -0.465 e. The average Bonchev–Trinajstić information content (AvgIpc) is 2.76. The van der Waals surface area contributed by atoms with Crippen molar-refractivity contribution in [2.24, 2.45) is 0 Å². The van der Waals surface area contributed by atoms with E-state index >= 15 is 0 Å². The van der Waals surface area contributed by atoms with Crippen LogP contribution in [0.25, 0.3) is 0 Å². The summed E-state index contributed by atoms with van der Waals surface area (Å²) in [7, 11) is 0. The maximum atomic E-state index is 13.5. The molecule has 0 radical (unpaired) electrons. The van der Waals surface area contributed by atoms with Crippen molar-refractivity contribution < 1.29 is 8.81 Å². The van der Waals surface area contributed by atoms with Crippen molar-refractivity contribution in [1.29, 1.82) is 0 Å². The first-order valence-electron chi connectivity index (χ1n) is 5.74. The summed E-state index contributed by atoms with van der Waals surface area (Å²) >= 11 is 0. The Bertz CT molecular complexity index is 527. The number of aryl methyl sites for hydroxylation is 1. The molecule has 0 bridgehead atoms. The van der Waals surface area contributed by atoms with E-state index in [1.807, 2.05) is 26.0 Å². The molecule has 6 heteroatoms. The van der Waals surface area contributed by atoms with E-state index in [9.17, 15) is 4.39 Å². The van der Waals surface area contributed by atoms with Crippen LogP contribution in [0.4, 0.5) is 16.2 Å². The highest BCUT2D eigenvalue weighted by molar-refractivity contribution is 5.41. The zero-order chi connectivity index (χ0) is 13.0. The van der Waals surface area contributed by atoms with Gasteiger partial charge in [-0.05, 0) is 26.0 Å². The summed E-state index contributed by atoms with van der Waals surface area (Å²) in [6.45, 7) is 4.85. The molecule has 2 heterocycles. The molecule has 2 rings (SSSR count). The van der Waals surface area contributed by atoms with E-state index in [0.29, 0.717) is 19.0 Å². The Morgan fingerprint density at radius 1 is 1.33 bits per heavy atom. The Kier molecular flexibility index (Phi) is 3.76. The fraction of sp³-hybridized carbons (Fsp3) is 0.333. The summed E-state index contributed by atoms with van der Waals surface area (Å²) < 4.78 is 18.9. The molecule has 0 amide bonds. The van der Waals surface area contributed by atoms with Gasteiger partial charge in [0.25, 0.3) is 0 Å². The smallest absolute Gasteiger partial charge is 0.224 e. The molecule has 96 valence electrons. The summed E-state index contributed by atoms with van der Waals surface area (Å²) in [4.78, 5) is 7.86. The molecule has 0 fully saturated rings. The molecule has 5 nitrogen and oxygen atoms in total. The van der Waals surface area contributed by atoms with Gasteiger partial charge < -0.3 is 15.1 Å². The highest BCUT2D eigenvalue weighted by Gasteiger charge is 2.07. The van der Waals surface area contributed by atoms with Crippen molar-refractivity contribution in [3.63, 3.8) is 0 Å². The Labute approximate surface area is 104 Å². The second-order valence-corrected chi connectivity index (χ2v) is 3.79. The van der Waals surface area contributed by atoms with Crippen LogP contribution in [0.15, 0.2) is 22.7 Å². The molecule has 0 aliphatic carbocycles. The van der Waals surface area contributed by atoms with Gasteiger partial charge in [-0.25, -0.2) is 9.37 Å². The molecular formula is C12H15FN4O. The van der Waals surface area contributed by atoms with Gasteiger partial charge in [-0.1, -0.05) is 0 Å². The number of furan rings is 1. The van der Waals surface area contributed by atoms with Crippen LogP contribution in [0, 0.1) is 12.7 Å².